The molecule has 1 unspecified atom stereocenters. The third kappa shape index (κ3) is 7.24. The van der Waals surface area contributed by atoms with Crippen molar-refractivity contribution >= 4 is 11.6 Å². The summed E-state index contributed by atoms with van der Waals surface area (Å²) in [7, 11) is 0. The molecule has 1 atom stereocenters. The predicted octanol–water partition coefficient (Wildman–Crippen LogP) is 2.39. The molecule has 2 N–H and O–H groups in total. The van der Waals surface area contributed by atoms with E-state index >= 15 is 0 Å². The minimum absolute atomic E-state index is 0.238. The van der Waals surface area contributed by atoms with Crippen molar-refractivity contribution in [3.63, 3.8) is 0 Å². The van der Waals surface area contributed by atoms with Crippen molar-refractivity contribution in [2.45, 2.75) is 52.7 Å². The smallest absolute Gasteiger partial charge is 0.191 e. The second-order valence-corrected chi connectivity index (χ2v) is 7.89. The molecule has 8 heteroatoms. The summed E-state index contributed by atoms with van der Waals surface area (Å²) in [4.78, 5) is 7.16. The van der Waals surface area contributed by atoms with Crippen LogP contribution in [0.3, 0.4) is 0 Å². The number of aryl methyl sites for hydroxylation is 2. The molecule has 0 aliphatic carbocycles. The first kappa shape index (κ1) is 23.1. The Morgan fingerprint density at radius 3 is 2.90 bits per heavy atom. The predicted molar refractivity (Wildman–Crippen MR) is 126 cm³/mol. The highest BCUT2D eigenvalue weighted by atomic mass is 16.5. The summed E-state index contributed by atoms with van der Waals surface area (Å²) in [5, 5.41) is 15.1. The Morgan fingerprint density at radius 1 is 1.29 bits per heavy atom. The van der Waals surface area contributed by atoms with Gasteiger partial charge in [0.05, 0.1) is 12.6 Å². The average Bonchev–Trinajstić information content (AvgIpc) is 3.46. The van der Waals surface area contributed by atoms with Crippen LogP contribution in [0.15, 0.2) is 35.6 Å². The van der Waals surface area contributed by atoms with Gasteiger partial charge < -0.3 is 24.8 Å². The van der Waals surface area contributed by atoms with Crippen molar-refractivity contribution in [3.05, 3.63) is 42.0 Å². The molecule has 2 heterocycles. The number of ether oxygens (including phenoxy) is 1. The van der Waals surface area contributed by atoms with Gasteiger partial charge >= 0.3 is 0 Å². The second kappa shape index (κ2) is 12.3. The molecule has 0 amide bonds. The Morgan fingerprint density at radius 2 is 2.16 bits per heavy atom. The number of nitrogens with zero attached hydrogens (tertiary/aromatic N) is 5. The van der Waals surface area contributed by atoms with E-state index in [0.29, 0.717) is 6.54 Å². The second-order valence-electron chi connectivity index (χ2n) is 7.89. The fourth-order valence-corrected chi connectivity index (χ4v) is 3.79. The third-order valence-electron chi connectivity index (χ3n) is 5.56. The summed E-state index contributed by atoms with van der Waals surface area (Å²) in [5.74, 6) is 1.84. The van der Waals surface area contributed by atoms with Gasteiger partial charge in [-0.2, -0.15) is 0 Å². The number of guanidine groups is 1. The zero-order valence-electron chi connectivity index (χ0n) is 19.2. The normalized spacial score (nSPS) is 16.5. The van der Waals surface area contributed by atoms with Gasteiger partial charge in [-0.1, -0.05) is 19.1 Å². The number of benzene rings is 1. The molecule has 0 saturated carbocycles. The Labute approximate surface area is 186 Å². The van der Waals surface area contributed by atoms with Gasteiger partial charge in [-0.3, -0.25) is 4.99 Å². The molecule has 1 aliphatic rings. The van der Waals surface area contributed by atoms with Crippen molar-refractivity contribution in [2.24, 2.45) is 4.99 Å². The first-order chi connectivity index (χ1) is 15.2. The van der Waals surface area contributed by atoms with Crippen molar-refractivity contribution in [1.29, 1.82) is 0 Å². The third-order valence-corrected chi connectivity index (χ3v) is 5.56. The molecule has 31 heavy (non-hydrogen) atoms. The SMILES string of the molecule is CCc1nncn1CCNC(=NCC1CCCO1)NCCN(CC)c1cccc(C)c1. The maximum absolute atomic E-state index is 5.73. The van der Waals surface area contributed by atoms with E-state index in [-0.39, 0.29) is 6.10 Å². The van der Waals surface area contributed by atoms with E-state index in [1.54, 1.807) is 6.33 Å². The van der Waals surface area contributed by atoms with E-state index < -0.39 is 0 Å². The molecule has 8 nitrogen and oxygen atoms in total. The van der Waals surface area contributed by atoms with E-state index in [1.807, 2.05) is 0 Å². The van der Waals surface area contributed by atoms with Crippen LogP contribution in [-0.4, -0.2) is 66.2 Å². The van der Waals surface area contributed by atoms with Gasteiger partial charge in [0, 0.05) is 51.4 Å². The summed E-state index contributed by atoms with van der Waals surface area (Å²) < 4.78 is 7.82. The van der Waals surface area contributed by atoms with E-state index in [2.05, 4.69) is 75.3 Å². The fraction of sp³-hybridized carbons (Fsp3) is 0.609. The van der Waals surface area contributed by atoms with Crippen LogP contribution in [-0.2, 0) is 17.7 Å². The summed E-state index contributed by atoms with van der Waals surface area (Å²) >= 11 is 0. The summed E-state index contributed by atoms with van der Waals surface area (Å²) in [6.07, 6.45) is 5.13. The van der Waals surface area contributed by atoms with Crippen LogP contribution in [0.1, 0.15) is 38.1 Å². The molecule has 1 aliphatic heterocycles. The topological polar surface area (TPSA) is 79.6 Å². The number of aromatic nitrogens is 3. The molecule has 170 valence electrons. The van der Waals surface area contributed by atoms with Crippen molar-refractivity contribution in [3.8, 4) is 0 Å². The minimum atomic E-state index is 0.238. The van der Waals surface area contributed by atoms with Gasteiger partial charge in [0.2, 0.25) is 0 Å². The van der Waals surface area contributed by atoms with E-state index in [0.717, 1.165) is 70.4 Å². The summed E-state index contributed by atoms with van der Waals surface area (Å²) in [5.41, 5.74) is 2.54. The Hall–Kier alpha value is -2.61. The van der Waals surface area contributed by atoms with Crippen LogP contribution in [0.5, 0.6) is 0 Å². The molecule has 0 spiro atoms. The number of likely N-dealkylation sites (N-methyl/N-ethyl adjacent to an activating group) is 1. The lowest BCUT2D eigenvalue weighted by atomic mass is 10.2. The maximum atomic E-state index is 5.73. The van der Waals surface area contributed by atoms with Crippen LogP contribution >= 0.6 is 0 Å². The highest BCUT2D eigenvalue weighted by Gasteiger charge is 2.15. The zero-order chi connectivity index (χ0) is 21.9. The summed E-state index contributed by atoms with van der Waals surface area (Å²) in [6.45, 7) is 12.2. The molecule has 1 saturated heterocycles. The number of hydrogen-bond donors (Lipinski definition) is 2. The number of anilines is 1. The van der Waals surface area contributed by atoms with Gasteiger partial charge in [-0.05, 0) is 44.4 Å². The van der Waals surface area contributed by atoms with E-state index in [1.165, 1.54) is 11.3 Å². The van der Waals surface area contributed by atoms with E-state index in [4.69, 9.17) is 9.73 Å². The lowest BCUT2D eigenvalue weighted by Crippen LogP contribution is -2.43. The van der Waals surface area contributed by atoms with Crippen molar-refractivity contribution < 1.29 is 4.74 Å². The zero-order valence-corrected chi connectivity index (χ0v) is 19.2. The first-order valence-electron chi connectivity index (χ1n) is 11.5. The highest BCUT2D eigenvalue weighted by Crippen LogP contribution is 2.15. The molecular weight excluding hydrogens is 390 g/mol. The van der Waals surface area contributed by atoms with Gasteiger partial charge in [-0.25, -0.2) is 0 Å². The van der Waals surface area contributed by atoms with Gasteiger partial charge in [-0.15, -0.1) is 10.2 Å². The molecular formula is C23H37N7O. The molecule has 1 aromatic heterocycles. The number of nitrogens with one attached hydrogen (secondary N) is 2. The lowest BCUT2D eigenvalue weighted by Gasteiger charge is -2.24. The van der Waals surface area contributed by atoms with Crippen LogP contribution < -0.4 is 15.5 Å². The number of rotatable bonds is 11. The summed E-state index contributed by atoms with van der Waals surface area (Å²) in [6, 6.07) is 8.66. The van der Waals surface area contributed by atoms with Crippen molar-refractivity contribution in [2.75, 3.05) is 44.2 Å². The van der Waals surface area contributed by atoms with Crippen LogP contribution in [0, 0.1) is 6.92 Å². The van der Waals surface area contributed by atoms with Crippen LogP contribution in [0.2, 0.25) is 0 Å². The molecule has 3 rings (SSSR count). The number of hydrogen-bond acceptors (Lipinski definition) is 5. The maximum Gasteiger partial charge on any atom is 0.191 e. The monoisotopic (exact) mass is 427 g/mol. The Balaban J connectivity index is 1.53. The fourth-order valence-electron chi connectivity index (χ4n) is 3.79. The average molecular weight is 428 g/mol. The van der Waals surface area contributed by atoms with E-state index in [9.17, 15) is 0 Å². The highest BCUT2D eigenvalue weighted by molar-refractivity contribution is 5.79. The van der Waals surface area contributed by atoms with Gasteiger partial charge in [0.15, 0.2) is 5.96 Å². The van der Waals surface area contributed by atoms with Crippen LogP contribution in [0.4, 0.5) is 5.69 Å². The molecule has 2 aromatic rings. The largest absolute Gasteiger partial charge is 0.376 e. The molecule has 1 aromatic carbocycles. The van der Waals surface area contributed by atoms with Crippen molar-refractivity contribution in [1.82, 2.24) is 25.4 Å². The minimum Gasteiger partial charge on any atom is -0.376 e. The van der Waals surface area contributed by atoms with Gasteiger partial charge in [0.1, 0.15) is 12.2 Å². The standard InChI is InChI=1S/C23H37N7O/c1-4-22-28-27-18-30(22)14-12-25-23(26-17-21-10-7-15-31-21)24-11-13-29(5-2)20-9-6-8-19(3)16-20/h6,8-9,16,18,21H,4-5,7,10-15,17H2,1-3H3,(H2,24,25,26). The quantitative estimate of drug-likeness (QED) is 0.423. The lowest BCUT2D eigenvalue weighted by molar-refractivity contribution is 0.117. The Kier molecular flexibility index (Phi) is 9.15. The molecule has 0 bridgehead atoms. The first-order valence-corrected chi connectivity index (χ1v) is 11.5. The van der Waals surface area contributed by atoms with Crippen LogP contribution in [0.25, 0.3) is 0 Å². The Bertz CT molecular complexity index is 814. The van der Waals surface area contributed by atoms with Gasteiger partial charge in [0.25, 0.3) is 0 Å². The molecule has 0 radical (unpaired) electrons. The number of aliphatic imine (C=N–C) groups is 1. The molecule has 1 fully saturated rings.